The normalized spacial score (nSPS) is 11.2. The van der Waals surface area contributed by atoms with Crippen molar-refractivity contribution in [3.8, 4) is 11.1 Å². The molecular formula is C18H16F2N2O. The summed E-state index contributed by atoms with van der Waals surface area (Å²) in [6, 6.07) is 7.39. The molecule has 0 atom stereocenters. The molecule has 1 heterocycles. The van der Waals surface area contributed by atoms with E-state index in [-0.39, 0.29) is 5.82 Å². The Labute approximate surface area is 132 Å². The molecular weight excluding hydrogens is 298 g/mol. The fraction of sp³-hybridized carbons (Fsp3) is 0.167. The van der Waals surface area contributed by atoms with Crippen LogP contribution in [-0.4, -0.2) is 10.5 Å². The summed E-state index contributed by atoms with van der Waals surface area (Å²) in [5.74, 6) is -1.30. The largest absolute Gasteiger partial charge is 0.364 e. The number of carbonyl (C=O) groups is 1. The molecule has 0 saturated carbocycles. The van der Waals surface area contributed by atoms with Gasteiger partial charge in [-0.2, -0.15) is 0 Å². The Hall–Kier alpha value is -2.69. The number of rotatable bonds is 2. The van der Waals surface area contributed by atoms with Crippen molar-refractivity contribution in [3.05, 3.63) is 58.8 Å². The SMILES string of the molecule is Cc1cc(-c2cc(F)cc3c(C)c(C(N)=O)n(C)c23)ccc1F. The zero-order chi connectivity index (χ0) is 16.9. The number of benzene rings is 2. The van der Waals surface area contributed by atoms with Gasteiger partial charge in [0.05, 0.1) is 5.52 Å². The van der Waals surface area contributed by atoms with Crippen LogP contribution in [0.15, 0.2) is 30.3 Å². The van der Waals surface area contributed by atoms with Crippen LogP contribution in [0.5, 0.6) is 0 Å². The van der Waals surface area contributed by atoms with E-state index in [0.29, 0.717) is 38.9 Å². The van der Waals surface area contributed by atoms with Crippen molar-refractivity contribution in [1.29, 1.82) is 0 Å². The molecule has 0 aliphatic rings. The molecule has 3 rings (SSSR count). The molecule has 0 fully saturated rings. The minimum absolute atomic E-state index is 0.317. The Morgan fingerprint density at radius 2 is 1.83 bits per heavy atom. The Bertz CT molecular complexity index is 958. The summed E-state index contributed by atoms with van der Waals surface area (Å²) < 4.78 is 29.3. The monoisotopic (exact) mass is 314 g/mol. The summed E-state index contributed by atoms with van der Waals surface area (Å²) in [5, 5.41) is 0.623. The first-order chi connectivity index (χ1) is 10.8. The third-order valence-corrected chi connectivity index (χ3v) is 4.21. The standard InChI is InChI=1S/C18H16F2N2O/c1-9-6-11(4-5-15(9)20)14-8-12(19)7-13-10(2)16(18(21)23)22(3)17(13)14/h4-8H,1-3H3,(H2,21,23). The molecule has 0 saturated heterocycles. The van der Waals surface area contributed by atoms with Crippen molar-refractivity contribution >= 4 is 16.8 Å². The number of hydrogen-bond acceptors (Lipinski definition) is 1. The molecule has 0 aliphatic carbocycles. The predicted octanol–water partition coefficient (Wildman–Crippen LogP) is 3.84. The number of fused-ring (bicyclic) bond motifs is 1. The van der Waals surface area contributed by atoms with Crippen molar-refractivity contribution in [2.45, 2.75) is 13.8 Å². The minimum atomic E-state index is -0.567. The maximum Gasteiger partial charge on any atom is 0.265 e. The van der Waals surface area contributed by atoms with Gasteiger partial charge in [-0.05, 0) is 54.8 Å². The average molecular weight is 314 g/mol. The van der Waals surface area contributed by atoms with Gasteiger partial charge in [0.2, 0.25) is 0 Å². The number of carbonyl (C=O) groups excluding carboxylic acids is 1. The zero-order valence-corrected chi connectivity index (χ0v) is 13.1. The molecule has 2 N–H and O–H groups in total. The third-order valence-electron chi connectivity index (χ3n) is 4.21. The summed E-state index contributed by atoms with van der Waals surface area (Å²) in [5.41, 5.74) is 8.87. The predicted molar refractivity (Wildman–Crippen MR) is 86.3 cm³/mol. The maximum atomic E-state index is 14.1. The molecule has 23 heavy (non-hydrogen) atoms. The molecule has 0 aliphatic heterocycles. The quantitative estimate of drug-likeness (QED) is 0.767. The Kier molecular flexibility index (Phi) is 3.43. The van der Waals surface area contributed by atoms with Gasteiger partial charge >= 0.3 is 0 Å². The summed E-state index contributed by atoms with van der Waals surface area (Å²) in [6.45, 7) is 3.39. The summed E-state index contributed by atoms with van der Waals surface area (Å²) in [4.78, 5) is 11.7. The zero-order valence-electron chi connectivity index (χ0n) is 13.1. The van der Waals surface area contributed by atoms with Gasteiger partial charge in [0, 0.05) is 18.0 Å². The fourth-order valence-corrected chi connectivity index (χ4v) is 3.12. The van der Waals surface area contributed by atoms with Crippen molar-refractivity contribution in [3.63, 3.8) is 0 Å². The highest BCUT2D eigenvalue weighted by Gasteiger charge is 2.20. The van der Waals surface area contributed by atoms with Crippen LogP contribution in [0.25, 0.3) is 22.0 Å². The second kappa shape index (κ2) is 5.19. The van der Waals surface area contributed by atoms with Crippen LogP contribution in [-0.2, 0) is 7.05 Å². The summed E-state index contributed by atoms with van der Waals surface area (Å²) >= 11 is 0. The van der Waals surface area contributed by atoms with Gasteiger partial charge in [-0.25, -0.2) is 8.78 Å². The van der Waals surface area contributed by atoms with E-state index in [2.05, 4.69) is 0 Å². The molecule has 0 spiro atoms. The molecule has 0 bridgehead atoms. The number of aromatic nitrogens is 1. The molecule has 1 amide bonds. The van der Waals surface area contributed by atoms with Crippen LogP contribution in [0, 0.1) is 25.5 Å². The van der Waals surface area contributed by atoms with Crippen LogP contribution < -0.4 is 5.73 Å². The van der Waals surface area contributed by atoms with E-state index in [9.17, 15) is 13.6 Å². The maximum absolute atomic E-state index is 14.1. The Morgan fingerprint density at radius 3 is 2.43 bits per heavy atom. The van der Waals surface area contributed by atoms with Crippen LogP contribution in [0.1, 0.15) is 21.6 Å². The van der Waals surface area contributed by atoms with Crippen LogP contribution in [0.4, 0.5) is 8.78 Å². The van der Waals surface area contributed by atoms with Gasteiger partial charge < -0.3 is 10.3 Å². The fourth-order valence-electron chi connectivity index (χ4n) is 3.12. The highest BCUT2D eigenvalue weighted by molar-refractivity contribution is 6.05. The highest BCUT2D eigenvalue weighted by atomic mass is 19.1. The van der Waals surface area contributed by atoms with Crippen LogP contribution in [0.3, 0.4) is 0 Å². The van der Waals surface area contributed by atoms with Gasteiger partial charge in [-0.15, -0.1) is 0 Å². The molecule has 1 aromatic heterocycles. The summed E-state index contributed by atoms with van der Waals surface area (Å²) in [7, 11) is 1.72. The number of nitrogens with zero attached hydrogens (tertiary/aromatic N) is 1. The van der Waals surface area contributed by atoms with Gasteiger partial charge in [0.25, 0.3) is 5.91 Å². The first-order valence-electron chi connectivity index (χ1n) is 7.16. The van der Waals surface area contributed by atoms with Crippen molar-refractivity contribution in [1.82, 2.24) is 4.57 Å². The smallest absolute Gasteiger partial charge is 0.265 e. The number of hydrogen-bond donors (Lipinski definition) is 1. The molecule has 118 valence electrons. The molecule has 3 aromatic rings. The molecule has 2 aromatic carbocycles. The molecule has 3 nitrogen and oxygen atoms in total. The first-order valence-corrected chi connectivity index (χ1v) is 7.16. The van der Waals surface area contributed by atoms with E-state index in [1.165, 1.54) is 18.2 Å². The van der Waals surface area contributed by atoms with E-state index in [1.54, 1.807) is 37.6 Å². The first kappa shape index (κ1) is 15.2. The van der Waals surface area contributed by atoms with E-state index in [0.717, 1.165) is 0 Å². The van der Waals surface area contributed by atoms with Gasteiger partial charge in [-0.3, -0.25) is 4.79 Å². The molecule has 0 unspecified atom stereocenters. The Balaban J connectivity index is 2.43. The van der Waals surface area contributed by atoms with E-state index < -0.39 is 11.7 Å². The second-order valence-electron chi connectivity index (χ2n) is 5.71. The molecule has 0 radical (unpaired) electrons. The van der Waals surface area contributed by atoms with E-state index in [4.69, 9.17) is 5.73 Å². The second-order valence-corrected chi connectivity index (χ2v) is 5.71. The van der Waals surface area contributed by atoms with Crippen molar-refractivity contribution < 1.29 is 13.6 Å². The van der Waals surface area contributed by atoms with Crippen LogP contribution in [0.2, 0.25) is 0 Å². The van der Waals surface area contributed by atoms with Gasteiger partial charge in [0.1, 0.15) is 17.3 Å². The van der Waals surface area contributed by atoms with E-state index >= 15 is 0 Å². The lowest BCUT2D eigenvalue weighted by molar-refractivity contribution is 0.0992. The van der Waals surface area contributed by atoms with Crippen molar-refractivity contribution in [2.24, 2.45) is 12.8 Å². The van der Waals surface area contributed by atoms with Gasteiger partial charge in [0.15, 0.2) is 0 Å². The van der Waals surface area contributed by atoms with Crippen molar-refractivity contribution in [2.75, 3.05) is 0 Å². The molecule has 5 heteroatoms. The van der Waals surface area contributed by atoms with Crippen LogP contribution >= 0.6 is 0 Å². The third kappa shape index (κ3) is 2.29. The number of amides is 1. The number of halogens is 2. The topological polar surface area (TPSA) is 48.0 Å². The summed E-state index contributed by atoms with van der Waals surface area (Å²) in [6.07, 6.45) is 0. The number of nitrogens with two attached hydrogens (primary N) is 1. The highest BCUT2D eigenvalue weighted by Crippen LogP contribution is 2.35. The van der Waals surface area contributed by atoms with E-state index in [1.807, 2.05) is 0 Å². The number of aryl methyl sites for hydroxylation is 3. The average Bonchev–Trinajstić information content (AvgIpc) is 2.72. The number of primary amides is 1. The minimum Gasteiger partial charge on any atom is -0.364 e. The lowest BCUT2D eigenvalue weighted by Gasteiger charge is -2.09. The lowest BCUT2D eigenvalue weighted by Crippen LogP contribution is -2.16. The Morgan fingerprint density at radius 1 is 1.13 bits per heavy atom. The van der Waals surface area contributed by atoms with Gasteiger partial charge in [-0.1, -0.05) is 6.07 Å². The lowest BCUT2D eigenvalue weighted by atomic mass is 9.99.